The quantitative estimate of drug-likeness (QED) is 0.452. The van der Waals surface area contributed by atoms with E-state index in [-0.39, 0.29) is 0 Å². The summed E-state index contributed by atoms with van der Waals surface area (Å²) in [5, 5.41) is 0. The molecule has 0 amide bonds. The van der Waals surface area contributed by atoms with Crippen molar-refractivity contribution in [2.75, 3.05) is 0 Å². The van der Waals surface area contributed by atoms with Crippen molar-refractivity contribution >= 4 is 22.6 Å². The molecule has 1 aromatic carbocycles. The molecule has 0 heterocycles. The lowest BCUT2D eigenvalue weighted by Crippen LogP contribution is -2.45. The maximum absolute atomic E-state index is 5.90. The van der Waals surface area contributed by atoms with Crippen molar-refractivity contribution in [3.8, 4) is 0 Å². The average Bonchev–Trinajstić information content (AvgIpc) is 2.54. The largest absolute Gasteiger partial charge is 0.271 e. The summed E-state index contributed by atoms with van der Waals surface area (Å²) in [5.74, 6) is 8.65. The second-order valence-electron chi connectivity index (χ2n) is 6.98. The van der Waals surface area contributed by atoms with E-state index in [1.54, 1.807) is 0 Å². The molecule has 2 fully saturated rings. The highest BCUT2D eigenvalue weighted by molar-refractivity contribution is 14.1. The fourth-order valence-corrected chi connectivity index (χ4v) is 4.87. The van der Waals surface area contributed by atoms with E-state index in [9.17, 15) is 0 Å². The predicted molar refractivity (Wildman–Crippen MR) is 96.8 cm³/mol. The Hall–Kier alpha value is -0.130. The van der Waals surface area contributed by atoms with Crippen LogP contribution >= 0.6 is 22.6 Å². The minimum absolute atomic E-state index is 0.438. The summed E-state index contributed by atoms with van der Waals surface area (Å²) in [5.41, 5.74) is 4.54. The molecule has 2 saturated carbocycles. The zero-order chi connectivity index (χ0) is 14.7. The zero-order valence-electron chi connectivity index (χ0n) is 12.7. The van der Waals surface area contributed by atoms with Crippen molar-refractivity contribution in [2.45, 2.75) is 57.4 Å². The van der Waals surface area contributed by atoms with E-state index in [1.165, 1.54) is 54.1 Å². The molecule has 4 unspecified atom stereocenters. The minimum Gasteiger partial charge on any atom is -0.271 e. The lowest BCUT2D eigenvalue weighted by atomic mass is 9.65. The van der Waals surface area contributed by atoms with Gasteiger partial charge in [0.05, 0.1) is 0 Å². The molecule has 0 spiro atoms. The SMILES string of the molecule is NNC(Cc1ccc(I)cc1)C1CCC2CCCCC2C1. The Morgan fingerprint density at radius 3 is 2.48 bits per heavy atom. The fraction of sp³-hybridized carbons (Fsp3) is 0.667. The van der Waals surface area contributed by atoms with Crippen LogP contribution in [0.15, 0.2) is 24.3 Å². The molecule has 3 rings (SSSR count). The van der Waals surface area contributed by atoms with Crippen LogP contribution in [-0.4, -0.2) is 6.04 Å². The number of hydrazine groups is 1. The molecule has 1 aromatic rings. The monoisotopic (exact) mass is 398 g/mol. The number of benzene rings is 1. The third-order valence-corrected chi connectivity index (χ3v) is 6.45. The first-order valence-corrected chi connectivity index (χ1v) is 9.54. The van der Waals surface area contributed by atoms with E-state index in [4.69, 9.17) is 5.84 Å². The Bertz CT molecular complexity index is 445. The fourth-order valence-electron chi connectivity index (χ4n) is 4.51. The Balaban J connectivity index is 1.61. The highest BCUT2D eigenvalue weighted by atomic mass is 127. The van der Waals surface area contributed by atoms with Gasteiger partial charge in [-0.1, -0.05) is 37.8 Å². The summed E-state index contributed by atoms with van der Waals surface area (Å²) in [6.45, 7) is 0. The van der Waals surface area contributed by atoms with Gasteiger partial charge in [-0.25, -0.2) is 0 Å². The summed E-state index contributed by atoms with van der Waals surface area (Å²) < 4.78 is 1.30. The van der Waals surface area contributed by atoms with Gasteiger partial charge in [0.15, 0.2) is 0 Å². The van der Waals surface area contributed by atoms with Crippen LogP contribution < -0.4 is 11.3 Å². The summed E-state index contributed by atoms with van der Waals surface area (Å²) in [6.07, 6.45) is 11.1. The number of rotatable bonds is 4. The number of halogens is 1. The number of nitrogens with one attached hydrogen (secondary N) is 1. The van der Waals surface area contributed by atoms with Gasteiger partial charge in [-0.2, -0.15) is 0 Å². The zero-order valence-corrected chi connectivity index (χ0v) is 14.9. The van der Waals surface area contributed by atoms with Crippen LogP contribution in [0.5, 0.6) is 0 Å². The molecule has 21 heavy (non-hydrogen) atoms. The van der Waals surface area contributed by atoms with E-state index in [2.05, 4.69) is 52.3 Å². The van der Waals surface area contributed by atoms with Gasteiger partial charge in [0, 0.05) is 9.61 Å². The highest BCUT2D eigenvalue weighted by Gasteiger charge is 2.35. The smallest absolute Gasteiger partial charge is 0.0279 e. The van der Waals surface area contributed by atoms with Crippen LogP contribution in [0.1, 0.15) is 50.5 Å². The Morgan fingerprint density at radius 1 is 1.05 bits per heavy atom. The number of fused-ring (bicyclic) bond motifs is 1. The van der Waals surface area contributed by atoms with Crippen molar-refractivity contribution < 1.29 is 0 Å². The third kappa shape index (κ3) is 3.99. The summed E-state index contributed by atoms with van der Waals surface area (Å²) in [4.78, 5) is 0. The molecule has 0 aromatic heterocycles. The molecule has 2 aliphatic carbocycles. The molecule has 3 heteroatoms. The standard InChI is InChI=1S/C18H27IN2/c19-17-9-5-13(6-10-17)11-18(21-20)16-8-7-14-3-1-2-4-15(14)12-16/h5-6,9-10,14-16,18,21H,1-4,7-8,11-12,20H2. The van der Waals surface area contributed by atoms with Crippen molar-refractivity contribution in [1.82, 2.24) is 5.43 Å². The first-order chi connectivity index (χ1) is 10.3. The molecular weight excluding hydrogens is 371 g/mol. The Labute approximate surface area is 142 Å². The van der Waals surface area contributed by atoms with Crippen LogP contribution in [0.2, 0.25) is 0 Å². The first-order valence-electron chi connectivity index (χ1n) is 8.47. The Kier molecular flexibility index (Phi) is 5.57. The summed E-state index contributed by atoms with van der Waals surface area (Å²) in [7, 11) is 0. The summed E-state index contributed by atoms with van der Waals surface area (Å²) in [6, 6.07) is 9.33. The number of nitrogens with two attached hydrogens (primary N) is 1. The van der Waals surface area contributed by atoms with Crippen LogP contribution in [0, 0.1) is 21.3 Å². The van der Waals surface area contributed by atoms with E-state index in [0.717, 1.165) is 24.2 Å². The minimum atomic E-state index is 0.438. The van der Waals surface area contributed by atoms with Gasteiger partial charge in [0.1, 0.15) is 0 Å². The molecule has 0 bridgehead atoms. The van der Waals surface area contributed by atoms with Gasteiger partial charge < -0.3 is 0 Å². The predicted octanol–water partition coefficient (Wildman–Crippen LogP) is 4.27. The second kappa shape index (κ2) is 7.42. The van der Waals surface area contributed by atoms with Gasteiger partial charge in [-0.15, -0.1) is 0 Å². The van der Waals surface area contributed by atoms with Gasteiger partial charge >= 0.3 is 0 Å². The summed E-state index contributed by atoms with van der Waals surface area (Å²) >= 11 is 2.36. The van der Waals surface area contributed by atoms with Crippen molar-refractivity contribution in [3.63, 3.8) is 0 Å². The highest BCUT2D eigenvalue weighted by Crippen LogP contribution is 2.43. The molecule has 0 radical (unpaired) electrons. The topological polar surface area (TPSA) is 38.0 Å². The normalized spacial score (nSPS) is 30.7. The van der Waals surface area contributed by atoms with Crippen LogP contribution in [0.25, 0.3) is 0 Å². The molecular formula is C18H27IN2. The van der Waals surface area contributed by atoms with Crippen molar-refractivity contribution in [1.29, 1.82) is 0 Å². The third-order valence-electron chi connectivity index (χ3n) is 5.73. The molecule has 0 saturated heterocycles. The van der Waals surface area contributed by atoms with E-state index in [1.807, 2.05) is 0 Å². The molecule has 2 aliphatic rings. The molecule has 0 aliphatic heterocycles. The maximum Gasteiger partial charge on any atom is 0.0279 e. The van der Waals surface area contributed by atoms with E-state index < -0.39 is 0 Å². The lowest BCUT2D eigenvalue weighted by molar-refractivity contribution is 0.109. The number of hydrogen-bond donors (Lipinski definition) is 2. The van der Waals surface area contributed by atoms with Crippen molar-refractivity contribution in [3.05, 3.63) is 33.4 Å². The molecule has 3 N–H and O–H groups in total. The second-order valence-corrected chi connectivity index (χ2v) is 8.23. The van der Waals surface area contributed by atoms with Gasteiger partial charge in [0.25, 0.3) is 0 Å². The van der Waals surface area contributed by atoms with Crippen LogP contribution in [0.4, 0.5) is 0 Å². The average molecular weight is 398 g/mol. The van der Waals surface area contributed by atoms with Gasteiger partial charge in [-0.05, 0) is 83.7 Å². The van der Waals surface area contributed by atoms with Crippen molar-refractivity contribution in [2.24, 2.45) is 23.6 Å². The van der Waals surface area contributed by atoms with Gasteiger partial charge in [0.2, 0.25) is 0 Å². The number of hydrogen-bond acceptors (Lipinski definition) is 2. The molecule has 116 valence electrons. The van der Waals surface area contributed by atoms with E-state index in [0.29, 0.717) is 6.04 Å². The van der Waals surface area contributed by atoms with Gasteiger partial charge in [-0.3, -0.25) is 11.3 Å². The lowest BCUT2D eigenvalue weighted by Gasteiger charge is -2.42. The van der Waals surface area contributed by atoms with Crippen LogP contribution in [0.3, 0.4) is 0 Å². The maximum atomic E-state index is 5.90. The molecule has 4 atom stereocenters. The first kappa shape index (κ1) is 15.8. The van der Waals surface area contributed by atoms with Crippen LogP contribution in [-0.2, 0) is 6.42 Å². The van der Waals surface area contributed by atoms with E-state index >= 15 is 0 Å². The molecule has 2 nitrogen and oxygen atoms in total. The Morgan fingerprint density at radius 2 is 1.76 bits per heavy atom.